The number of unbranched alkanes of at least 4 members (excludes halogenated alkanes) is 2. The summed E-state index contributed by atoms with van der Waals surface area (Å²) in [5.74, 6) is 0.369. The number of nitrogens with zero attached hydrogens (tertiary/aromatic N) is 2. The van der Waals surface area contributed by atoms with Crippen LogP contribution >= 0.6 is 0 Å². The van der Waals surface area contributed by atoms with Crippen LogP contribution in [0.15, 0.2) is 71.4 Å². The molecule has 0 spiro atoms. The minimum Gasteiger partial charge on any atom is -0.490 e. The van der Waals surface area contributed by atoms with E-state index in [1.165, 1.54) is 19.4 Å². The molecule has 0 heterocycles. The van der Waals surface area contributed by atoms with Crippen molar-refractivity contribution in [2.45, 2.75) is 46.5 Å². The average Bonchev–Trinajstić information content (AvgIpc) is 3.09. The zero-order valence-corrected chi connectivity index (χ0v) is 28.7. The van der Waals surface area contributed by atoms with Gasteiger partial charge in [-0.25, -0.2) is 14.4 Å². The van der Waals surface area contributed by atoms with Crippen molar-refractivity contribution in [2.75, 3.05) is 46.2 Å². The van der Waals surface area contributed by atoms with E-state index in [4.69, 9.17) is 37.9 Å². The topological polar surface area (TPSA) is 167 Å². The monoisotopic (exact) mass is 696 g/mol. The molecule has 0 saturated carbocycles. The van der Waals surface area contributed by atoms with Gasteiger partial charge >= 0.3 is 18.3 Å². The van der Waals surface area contributed by atoms with Crippen LogP contribution in [0.1, 0.15) is 57.6 Å². The molecule has 2 rings (SSSR count). The third kappa shape index (κ3) is 16.6. The molecule has 2 aromatic carbocycles. The zero-order chi connectivity index (χ0) is 36.6. The first kappa shape index (κ1) is 40.7. The van der Waals surface area contributed by atoms with Crippen LogP contribution in [0.5, 0.6) is 23.0 Å². The van der Waals surface area contributed by atoms with Gasteiger partial charge in [-0.1, -0.05) is 13.2 Å². The van der Waals surface area contributed by atoms with Crippen molar-refractivity contribution >= 4 is 36.5 Å². The van der Waals surface area contributed by atoms with Crippen molar-refractivity contribution in [2.24, 2.45) is 10.2 Å². The summed E-state index contributed by atoms with van der Waals surface area (Å²) in [6.07, 6.45) is 4.47. The van der Waals surface area contributed by atoms with Crippen molar-refractivity contribution in [3.8, 4) is 23.0 Å². The quantitative estimate of drug-likeness (QED) is 0.0238. The normalized spacial score (nSPS) is 10.8. The standard InChI is InChI=1S/C36H44N2O12/c1-6-34(40)46-18-11-12-20-48-36(42)50-31-16-14-29(22-33(31)45-8-3)24-38-37-23-28-13-15-30(32(21-28)44-7-2)49-35(41)47-19-10-9-17-43-25-26(4)27(5)39/h6,13-16,21-24H,1,4,7-12,17-20,25H2,2-3,5H3. The highest BCUT2D eigenvalue weighted by Crippen LogP contribution is 2.29. The largest absolute Gasteiger partial charge is 0.513 e. The molecule has 14 nitrogen and oxygen atoms in total. The Hall–Kier alpha value is -5.50. The third-order valence-electron chi connectivity index (χ3n) is 6.25. The maximum absolute atomic E-state index is 12.2. The van der Waals surface area contributed by atoms with Crippen LogP contribution in [0.2, 0.25) is 0 Å². The van der Waals surface area contributed by atoms with Crippen LogP contribution < -0.4 is 18.9 Å². The fourth-order valence-electron chi connectivity index (χ4n) is 3.70. The molecule has 2 aromatic rings. The lowest BCUT2D eigenvalue weighted by molar-refractivity contribution is -0.137. The molecule has 0 aromatic heterocycles. The number of esters is 1. The fourth-order valence-corrected chi connectivity index (χ4v) is 3.70. The Labute approximate surface area is 291 Å². The van der Waals surface area contributed by atoms with Gasteiger partial charge in [0, 0.05) is 18.3 Å². The van der Waals surface area contributed by atoms with E-state index in [0.717, 1.165) is 6.08 Å². The van der Waals surface area contributed by atoms with E-state index in [9.17, 15) is 19.2 Å². The third-order valence-corrected chi connectivity index (χ3v) is 6.25. The van der Waals surface area contributed by atoms with Gasteiger partial charge in [0.1, 0.15) is 0 Å². The smallest absolute Gasteiger partial charge is 0.490 e. The lowest BCUT2D eigenvalue weighted by Crippen LogP contribution is -2.13. The predicted octanol–water partition coefficient (Wildman–Crippen LogP) is 6.42. The van der Waals surface area contributed by atoms with Crippen LogP contribution in [0, 0.1) is 0 Å². The second-order valence-corrected chi connectivity index (χ2v) is 10.2. The maximum Gasteiger partial charge on any atom is 0.513 e. The van der Waals surface area contributed by atoms with Gasteiger partial charge in [0.2, 0.25) is 0 Å². The van der Waals surface area contributed by atoms with Gasteiger partial charge in [-0.15, -0.1) is 0 Å². The van der Waals surface area contributed by atoms with Crippen LogP contribution in [0.25, 0.3) is 0 Å². The number of rotatable bonds is 23. The van der Waals surface area contributed by atoms with Gasteiger partial charge in [-0.2, -0.15) is 10.2 Å². The molecule has 0 aliphatic rings. The summed E-state index contributed by atoms with van der Waals surface area (Å²) < 4.78 is 42.3. The Morgan fingerprint density at radius 2 is 1.14 bits per heavy atom. The van der Waals surface area contributed by atoms with E-state index in [1.807, 2.05) is 0 Å². The lowest BCUT2D eigenvalue weighted by Gasteiger charge is -2.11. The van der Waals surface area contributed by atoms with Gasteiger partial charge in [-0.05, 0) is 94.0 Å². The SMILES string of the molecule is C=CC(=O)OCCCCOC(=O)Oc1ccc(C=NN=Cc2ccc(OC(=O)OCCCCOCC(=C)C(C)=O)c(OCC)c2)cc1OCC. The molecule has 0 fully saturated rings. The Morgan fingerprint density at radius 3 is 1.58 bits per heavy atom. The lowest BCUT2D eigenvalue weighted by atomic mass is 10.2. The molecule has 270 valence electrons. The number of hydrogen-bond acceptors (Lipinski definition) is 14. The number of Topliss-reactive ketones (excluding diaryl/α,β-unsaturated/α-hetero) is 1. The van der Waals surface area contributed by atoms with Crippen LogP contribution in [-0.2, 0) is 28.5 Å². The number of ketones is 1. The second-order valence-electron chi connectivity index (χ2n) is 10.2. The molecule has 50 heavy (non-hydrogen) atoms. The van der Waals surface area contributed by atoms with Gasteiger partial charge in [0.25, 0.3) is 0 Å². The highest BCUT2D eigenvalue weighted by Gasteiger charge is 2.14. The van der Waals surface area contributed by atoms with Crippen LogP contribution in [0.3, 0.4) is 0 Å². The molecule has 0 amide bonds. The molecule has 0 radical (unpaired) electrons. The van der Waals surface area contributed by atoms with E-state index in [0.29, 0.717) is 73.7 Å². The van der Waals surface area contributed by atoms with E-state index in [1.54, 1.807) is 50.2 Å². The Balaban J connectivity index is 1.87. The van der Waals surface area contributed by atoms with Gasteiger partial charge in [0.05, 0.1) is 52.1 Å². The molecule has 0 N–H and O–H groups in total. The summed E-state index contributed by atoms with van der Waals surface area (Å²) in [6, 6.07) is 9.73. The Morgan fingerprint density at radius 1 is 0.680 bits per heavy atom. The van der Waals surface area contributed by atoms with Crippen molar-refractivity contribution in [3.63, 3.8) is 0 Å². The maximum atomic E-state index is 12.2. The zero-order valence-electron chi connectivity index (χ0n) is 28.7. The summed E-state index contributed by atoms with van der Waals surface area (Å²) in [5, 5.41) is 8.16. The molecular weight excluding hydrogens is 652 g/mol. The molecule has 14 heteroatoms. The summed E-state index contributed by atoms with van der Waals surface area (Å²) in [4.78, 5) is 46.5. The molecule has 0 saturated heterocycles. The summed E-state index contributed by atoms with van der Waals surface area (Å²) >= 11 is 0. The van der Waals surface area contributed by atoms with Gasteiger partial charge in [-0.3, -0.25) is 4.79 Å². The minimum atomic E-state index is -0.896. The van der Waals surface area contributed by atoms with Crippen molar-refractivity contribution in [1.82, 2.24) is 0 Å². The first-order valence-electron chi connectivity index (χ1n) is 16.0. The van der Waals surface area contributed by atoms with E-state index in [-0.39, 0.29) is 43.7 Å². The van der Waals surface area contributed by atoms with E-state index in [2.05, 4.69) is 23.4 Å². The molecule has 0 aliphatic heterocycles. The summed E-state index contributed by atoms with van der Waals surface area (Å²) in [5.41, 5.74) is 1.67. The van der Waals surface area contributed by atoms with E-state index >= 15 is 0 Å². The average molecular weight is 697 g/mol. The van der Waals surface area contributed by atoms with Crippen LogP contribution in [-0.4, -0.2) is 82.7 Å². The Kier molecular flexibility index (Phi) is 19.3. The molecule has 0 unspecified atom stereocenters. The fraction of sp³-hybridized carbons (Fsp3) is 0.389. The van der Waals surface area contributed by atoms with Crippen molar-refractivity contribution < 1.29 is 57.1 Å². The summed E-state index contributed by atoms with van der Waals surface area (Å²) in [6.45, 7) is 13.6. The van der Waals surface area contributed by atoms with Crippen molar-refractivity contribution in [3.05, 3.63) is 72.3 Å². The molecule has 0 atom stereocenters. The van der Waals surface area contributed by atoms with Crippen LogP contribution in [0.4, 0.5) is 9.59 Å². The predicted molar refractivity (Wildman–Crippen MR) is 185 cm³/mol. The van der Waals surface area contributed by atoms with Gasteiger partial charge in [0.15, 0.2) is 28.8 Å². The molecule has 0 bridgehead atoms. The van der Waals surface area contributed by atoms with E-state index < -0.39 is 18.3 Å². The minimum absolute atomic E-state index is 0.0891. The van der Waals surface area contributed by atoms with Gasteiger partial charge < -0.3 is 37.9 Å². The Bertz CT molecular complexity index is 1500. The highest BCUT2D eigenvalue weighted by atomic mass is 16.7. The molecule has 0 aliphatic carbocycles. The second kappa shape index (κ2) is 23.8. The number of carbonyl (C=O) groups is 4. The number of ether oxygens (including phenoxy) is 8. The number of carbonyl (C=O) groups excluding carboxylic acids is 4. The summed E-state index contributed by atoms with van der Waals surface area (Å²) in [7, 11) is 0. The first-order chi connectivity index (χ1) is 24.2. The number of hydrogen-bond donors (Lipinski definition) is 0. The molecular formula is C36H44N2O12. The van der Waals surface area contributed by atoms with Crippen molar-refractivity contribution in [1.29, 1.82) is 0 Å². The number of benzene rings is 2. The highest BCUT2D eigenvalue weighted by molar-refractivity contribution is 5.92. The first-order valence-corrected chi connectivity index (χ1v) is 16.0.